The van der Waals surface area contributed by atoms with Crippen LogP contribution in [0.3, 0.4) is 0 Å². The third-order valence-electron chi connectivity index (χ3n) is 5.05. The molecule has 0 fully saturated rings. The Morgan fingerprint density at radius 3 is 2.53 bits per heavy atom. The molecule has 1 N–H and O–H groups in total. The number of ether oxygens (including phenoxy) is 2. The summed E-state index contributed by atoms with van der Waals surface area (Å²) in [6.45, 7) is 2.38. The number of carbonyl (C=O) groups is 1. The number of benzene rings is 2. The van der Waals surface area contributed by atoms with Gasteiger partial charge in [0.1, 0.15) is 12.0 Å². The van der Waals surface area contributed by atoms with E-state index in [1.165, 1.54) is 0 Å². The van der Waals surface area contributed by atoms with Crippen molar-refractivity contribution in [3.8, 4) is 11.5 Å². The van der Waals surface area contributed by atoms with Gasteiger partial charge in [0, 0.05) is 12.0 Å². The molecular formula is C24H23NO5. The molecule has 0 saturated heterocycles. The smallest absolute Gasteiger partial charge is 0.336 e. The van der Waals surface area contributed by atoms with Gasteiger partial charge < -0.3 is 19.0 Å². The first-order valence-electron chi connectivity index (χ1n) is 9.83. The van der Waals surface area contributed by atoms with Crippen molar-refractivity contribution in [1.82, 2.24) is 4.98 Å². The number of hydrogen-bond donors (Lipinski definition) is 1. The Morgan fingerprint density at radius 2 is 1.80 bits per heavy atom. The molecule has 0 aliphatic heterocycles. The van der Waals surface area contributed by atoms with E-state index < -0.39 is 5.97 Å². The highest BCUT2D eigenvalue weighted by Crippen LogP contribution is 2.23. The summed E-state index contributed by atoms with van der Waals surface area (Å²) in [7, 11) is 0. The van der Waals surface area contributed by atoms with Crippen molar-refractivity contribution in [3.63, 3.8) is 0 Å². The number of nitrogens with zero attached hydrogens (tertiary/aromatic N) is 1. The lowest BCUT2D eigenvalue weighted by atomic mass is 10.0. The van der Waals surface area contributed by atoms with Gasteiger partial charge in [0.15, 0.2) is 0 Å². The topological polar surface area (TPSA) is 81.8 Å². The maximum atomic E-state index is 11.5. The van der Waals surface area contributed by atoms with E-state index in [0.29, 0.717) is 30.0 Å². The highest BCUT2D eigenvalue weighted by molar-refractivity contribution is 5.91. The van der Waals surface area contributed by atoms with Crippen molar-refractivity contribution in [2.24, 2.45) is 0 Å². The summed E-state index contributed by atoms with van der Waals surface area (Å²) in [5, 5.41) is 9.43. The molecule has 6 nitrogen and oxygen atoms in total. The number of hydrogen-bond acceptors (Lipinski definition) is 5. The summed E-state index contributed by atoms with van der Waals surface area (Å²) in [5.41, 5.74) is 3.38. The molecule has 3 aromatic rings. The molecular weight excluding hydrogens is 382 g/mol. The second kappa shape index (κ2) is 9.07. The molecule has 0 unspecified atom stereocenters. The van der Waals surface area contributed by atoms with Gasteiger partial charge in [0.05, 0.1) is 31.0 Å². The third-order valence-corrected chi connectivity index (χ3v) is 5.05. The van der Waals surface area contributed by atoms with Crippen LogP contribution in [0.5, 0.6) is 0 Å². The molecule has 0 radical (unpaired) electrons. The molecule has 1 heterocycles. The molecule has 0 amide bonds. The molecule has 4 rings (SSSR count). The quantitative estimate of drug-likeness (QED) is 0.543. The van der Waals surface area contributed by atoms with Gasteiger partial charge in [0.2, 0.25) is 5.89 Å². The number of carboxylic acids is 1. The maximum Gasteiger partial charge on any atom is 0.336 e. The Morgan fingerprint density at radius 1 is 1.07 bits per heavy atom. The third kappa shape index (κ3) is 4.67. The second-order valence-corrected chi connectivity index (χ2v) is 7.24. The minimum Gasteiger partial charge on any atom is -0.478 e. The molecule has 1 aromatic heterocycles. The lowest BCUT2D eigenvalue weighted by Crippen LogP contribution is -2.15. The first kappa shape index (κ1) is 20.1. The molecule has 1 aliphatic carbocycles. The number of aromatic carboxylic acids is 1. The zero-order valence-corrected chi connectivity index (χ0v) is 16.7. The van der Waals surface area contributed by atoms with Crippen molar-refractivity contribution in [3.05, 3.63) is 89.3 Å². The lowest BCUT2D eigenvalue weighted by Gasteiger charge is -2.15. The van der Waals surface area contributed by atoms with Gasteiger partial charge in [-0.2, -0.15) is 0 Å². The van der Waals surface area contributed by atoms with E-state index in [2.05, 4.69) is 4.98 Å². The zero-order chi connectivity index (χ0) is 20.9. The average molecular weight is 405 g/mol. The molecule has 0 bridgehead atoms. The fourth-order valence-corrected chi connectivity index (χ4v) is 3.51. The zero-order valence-electron chi connectivity index (χ0n) is 16.7. The predicted molar refractivity (Wildman–Crippen MR) is 111 cm³/mol. The van der Waals surface area contributed by atoms with E-state index in [9.17, 15) is 9.90 Å². The minimum absolute atomic E-state index is 0.0803. The van der Waals surface area contributed by atoms with Gasteiger partial charge in [-0.05, 0) is 30.2 Å². The van der Waals surface area contributed by atoms with Crippen LogP contribution < -0.4 is 0 Å². The maximum absolute atomic E-state index is 11.5. The number of rotatable bonds is 8. The summed E-state index contributed by atoms with van der Waals surface area (Å²) in [4.78, 5) is 16.0. The van der Waals surface area contributed by atoms with E-state index in [1.807, 2.05) is 48.6 Å². The molecule has 0 saturated carbocycles. The van der Waals surface area contributed by atoms with Crippen molar-refractivity contribution in [1.29, 1.82) is 0 Å². The SMILES string of the molecule is Cc1cccc(CO[C@@H]2C=C[C@H](OCc3coc(-c4ccccc4)n3)C2)c1C(=O)O. The van der Waals surface area contributed by atoms with E-state index in [1.54, 1.807) is 25.3 Å². The summed E-state index contributed by atoms with van der Waals surface area (Å²) in [6.07, 6.45) is 6.02. The summed E-state index contributed by atoms with van der Waals surface area (Å²) in [6, 6.07) is 15.1. The van der Waals surface area contributed by atoms with E-state index in [4.69, 9.17) is 13.9 Å². The number of oxazole rings is 1. The fourth-order valence-electron chi connectivity index (χ4n) is 3.51. The highest BCUT2D eigenvalue weighted by atomic mass is 16.5. The van der Waals surface area contributed by atoms with Crippen molar-refractivity contribution < 1.29 is 23.8 Å². The van der Waals surface area contributed by atoms with Gasteiger partial charge in [0.25, 0.3) is 0 Å². The van der Waals surface area contributed by atoms with Gasteiger partial charge in [-0.3, -0.25) is 0 Å². The normalized spacial score (nSPS) is 18.0. The van der Waals surface area contributed by atoms with Gasteiger partial charge in [-0.25, -0.2) is 9.78 Å². The van der Waals surface area contributed by atoms with Crippen molar-refractivity contribution in [2.45, 2.75) is 38.8 Å². The number of carboxylic acid groups (broad SMARTS) is 1. The highest BCUT2D eigenvalue weighted by Gasteiger charge is 2.22. The summed E-state index contributed by atoms with van der Waals surface area (Å²) < 4.78 is 17.4. The summed E-state index contributed by atoms with van der Waals surface area (Å²) >= 11 is 0. The minimum atomic E-state index is -0.933. The van der Waals surface area contributed by atoms with Gasteiger partial charge >= 0.3 is 5.97 Å². The van der Waals surface area contributed by atoms with Gasteiger partial charge in [-0.1, -0.05) is 48.6 Å². The first-order valence-corrected chi connectivity index (χ1v) is 9.83. The summed E-state index contributed by atoms with van der Waals surface area (Å²) in [5.74, 6) is -0.359. The molecule has 1 aliphatic rings. The monoisotopic (exact) mass is 405 g/mol. The van der Waals surface area contributed by atoms with E-state index in [0.717, 1.165) is 16.8 Å². The van der Waals surface area contributed by atoms with Crippen LogP contribution in [0.2, 0.25) is 0 Å². The first-order chi connectivity index (χ1) is 14.6. The Bertz CT molecular complexity index is 1040. The molecule has 6 heteroatoms. The van der Waals surface area contributed by atoms with Crippen LogP contribution in [0, 0.1) is 6.92 Å². The molecule has 2 atom stereocenters. The molecule has 0 spiro atoms. The van der Waals surface area contributed by atoms with E-state index in [-0.39, 0.29) is 18.8 Å². The Balaban J connectivity index is 1.27. The van der Waals surface area contributed by atoms with Crippen LogP contribution in [0.25, 0.3) is 11.5 Å². The molecule has 154 valence electrons. The van der Waals surface area contributed by atoms with E-state index >= 15 is 0 Å². The molecule has 30 heavy (non-hydrogen) atoms. The second-order valence-electron chi connectivity index (χ2n) is 7.24. The Labute approximate surface area is 174 Å². The van der Waals surface area contributed by atoms with Gasteiger partial charge in [-0.15, -0.1) is 0 Å². The van der Waals surface area contributed by atoms with Crippen molar-refractivity contribution in [2.75, 3.05) is 0 Å². The van der Waals surface area contributed by atoms with Crippen LogP contribution in [0.1, 0.15) is 33.6 Å². The van der Waals surface area contributed by atoms with Crippen LogP contribution in [0.15, 0.2) is 71.4 Å². The number of aryl methyl sites for hydroxylation is 1. The Hall–Kier alpha value is -3.22. The predicted octanol–water partition coefficient (Wildman–Crippen LogP) is 4.78. The largest absolute Gasteiger partial charge is 0.478 e. The fraction of sp³-hybridized carbons (Fsp3) is 0.250. The van der Waals surface area contributed by atoms with Crippen LogP contribution >= 0.6 is 0 Å². The lowest BCUT2D eigenvalue weighted by molar-refractivity contribution is 0.0186. The van der Waals surface area contributed by atoms with Crippen molar-refractivity contribution >= 4 is 5.97 Å². The van der Waals surface area contributed by atoms with Crippen LogP contribution in [0.4, 0.5) is 0 Å². The average Bonchev–Trinajstić information content (AvgIpc) is 3.40. The number of aromatic nitrogens is 1. The molecule has 2 aromatic carbocycles. The standard InChI is InChI=1S/C24H23NO5/c1-16-6-5-9-18(22(16)24(26)27)13-28-20-10-11-21(12-20)29-14-19-15-30-23(25-19)17-7-3-2-4-8-17/h2-11,15,20-21H,12-14H2,1H3,(H,26,27)/t20-,21+/m1/s1. The van der Waals surface area contributed by atoms with Crippen LogP contribution in [-0.2, 0) is 22.7 Å². The Kier molecular flexibility index (Phi) is 6.07. The van der Waals surface area contributed by atoms with Crippen LogP contribution in [-0.4, -0.2) is 28.3 Å².